The highest BCUT2D eigenvalue weighted by Gasteiger charge is 2.33. The molecule has 166 valence electrons. The molecule has 3 rings (SSSR count). The zero-order chi connectivity index (χ0) is 22.4. The molecule has 1 N–H and O–H groups in total. The zero-order valence-electron chi connectivity index (χ0n) is 16.8. The third kappa shape index (κ3) is 5.73. The van der Waals surface area contributed by atoms with Crippen LogP contribution in [0, 0.1) is 16.0 Å². The van der Waals surface area contributed by atoms with Crippen molar-refractivity contribution in [2.75, 3.05) is 19.3 Å². The molecule has 1 unspecified atom stereocenters. The number of sulfone groups is 1. The van der Waals surface area contributed by atoms with E-state index in [4.69, 9.17) is 9.47 Å². The van der Waals surface area contributed by atoms with Crippen LogP contribution < -0.4 is 10.1 Å². The fourth-order valence-corrected chi connectivity index (χ4v) is 4.07. The van der Waals surface area contributed by atoms with Gasteiger partial charge in [0, 0.05) is 6.26 Å². The summed E-state index contributed by atoms with van der Waals surface area (Å²) in [6.07, 6.45) is 3.35. The van der Waals surface area contributed by atoms with Crippen LogP contribution in [0.1, 0.15) is 31.1 Å². The first-order valence-electron chi connectivity index (χ1n) is 9.56. The van der Waals surface area contributed by atoms with Crippen LogP contribution in [0.4, 0.5) is 5.69 Å². The van der Waals surface area contributed by atoms with Crippen LogP contribution in [0.25, 0.3) is 0 Å². The van der Waals surface area contributed by atoms with Crippen molar-refractivity contribution in [2.24, 2.45) is 5.92 Å². The second-order valence-electron chi connectivity index (χ2n) is 7.17. The Balaban J connectivity index is 1.92. The zero-order valence-corrected chi connectivity index (χ0v) is 17.6. The summed E-state index contributed by atoms with van der Waals surface area (Å²) < 4.78 is 33.9. The molecule has 0 bridgehead atoms. The summed E-state index contributed by atoms with van der Waals surface area (Å²) in [6, 6.07) is 5.40. The smallest absolute Gasteiger partial charge is 0.356 e. The number of carbonyl (C=O) groups excluding carboxylic acids is 1. The molecule has 11 nitrogen and oxygen atoms in total. The number of nitrogens with zero attached hydrogens (tertiary/aromatic N) is 3. The minimum atomic E-state index is -3.40. The van der Waals surface area contributed by atoms with Crippen molar-refractivity contribution in [2.45, 2.75) is 30.3 Å². The van der Waals surface area contributed by atoms with Crippen LogP contribution >= 0.6 is 0 Å². The standard InChI is InChI=1S/C19H22N4O7S/c1-31(27,28)15-4-2-14(3-5-15)30-19-18(23(25)26)17(21-11-22-19)16(29-12-24)10-13-6-8-20-9-7-13/h2-5,11-13,16,20H,6-10H2,1H3. The Hall–Kier alpha value is -3.12. The van der Waals surface area contributed by atoms with Gasteiger partial charge in [0.15, 0.2) is 21.6 Å². The number of benzene rings is 1. The van der Waals surface area contributed by atoms with Crippen molar-refractivity contribution >= 4 is 22.0 Å². The third-order valence-corrected chi connectivity index (χ3v) is 6.13. The quantitative estimate of drug-likeness (QED) is 0.342. The molecule has 0 radical (unpaired) electrons. The lowest BCUT2D eigenvalue weighted by molar-refractivity contribution is -0.387. The molecule has 1 aromatic carbocycles. The molecule has 0 amide bonds. The molecule has 2 heterocycles. The molecule has 1 atom stereocenters. The van der Waals surface area contributed by atoms with E-state index >= 15 is 0 Å². The van der Waals surface area contributed by atoms with Crippen molar-refractivity contribution < 1.29 is 27.6 Å². The van der Waals surface area contributed by atoms with Crippen LogP contribution in [-0.4, -0.2) is 49.1 Å². The fraction of sp³-hybridized carbons (Fsp3) is 0.421. The average molecular weight is 450 g/mol. The van der Waals surface area contributed by atoms with Crippen LogP contribution in [0.2, 0.25) is 0 Å². The largest absolute Gasteiger partial charge is 0.458 e. The summed E-state index contributed by atoms with van der Waals surface area (Å²) in [4.78, 5) is 30.2. The Morgan fingerprint density at radius 2 is 1.94 bits per heavy atom. The highest BCUT2D eigenvalue weighted by atomic mass is 32.2. The molecular formula is C19H22N4O7S. The van der Waals surface area contributed by atoms with E-state index in [0.29, 0.717) is 6.42 Å². The summed E-state index contributed by atoms with van der Waals surface area (Å²) >= 11 is 0. The number of rotatable bonds is 9. The molecule has 0 spiro atoms. The summed E-state index contributed by atoms with van der Waals surface area (Å²) in [5.74, 6) is 0.0481. The average Bonchev–Trinajstić information content (AvgIpc) is 2.73. The number of hydrogen-bond donors (Lipinski definition) is 1. The van der Waals surface area contributed by atoms with Gasteiger partial charge in [0.05, 0.1) is 9.82 Å². The van der Waals surface area contributed by atoms with E-state index in [1.807, 2.05) is 0 Å². The van der Waals surface area contributed by atoms with E-state index in [9.17, 15) is 23.3 Å². The number of nitrogens with one attached hydrogen (secondary N) is 1. The van der Waals surface area contributed by atoms with Crippen molar-refractivity contribution in [3.8, 4) is 11.6 Å². The second kappa shape index (κ2) is 9.79. The van der Waals surface area contributed by atoms with Gasteiger partial charge in [-0.1, -0.05) is 0 Å². The Morgan fingerprint density at radius 3 is 2.52 bits per heavy atom. The van der Waals surface area contributed by atoms with E-state index in [1.165, 1.54) is 24.3 Å². The lowest BCUT2D eigenvalue weighted by Gasteiger charge is -2.25. The predicted octanol–water partition coefficient (Wildman–Crippen LogP) is 2.18. The van der Waals surface area contributed by atoms with Crippen LogP contribution in [-0.2, 0) is 19.4 Å². The van der Waals surface area contributed by atoms with Gasteiger partial charge in [0.1, 0.15) is 12.1 Å². The number of nitro groups is 1. The highest BCUT2D eigenvalue weighted by Crippen LogP contribution is 2.38. The maximum Gasteiger partial charge on any atom is 0.356 e. The first-order valence-corrected chi connectivity index (χ1v) is 11.5. The first-order chi connectivity index (χ1) is 14.8. The van der Waals surface area contributed by atoms with Crippen LogP contribution in [0.3, 0.4) is 0 Å². The number of aromatic nitrogens is 2. The van der Waals surface area contributed by atoms with Gasteiger partial charge in [-0.05, 0) is 62.5 Å². The molecule has 1 saturated heterocycles. The minimum absolute atomic E-state index is 0.0478. The number of piperidine rings is 1. The molecule has 1 fully saturated rings. The van der Waals surface area contributed by atoms with Gasteiger partial charge in [-0.3, -0.25) is 14.9 Å². The van der Waals surface area contributed by atoms with Gasteiger partial charge in [0.25, 0.3) is 6.47 Å². The molecule has 31 heavy (non-hydrogen) atoms. The summed E-state index contributed by atoms with van der Waals surface area (Å²) in [5, 5.41) is 15.1. The monoisotopic (exact) mass is 450 g/mol. The van der Waals surface area contributed by atoms with Gasteiger partial charge in [0.2, 0.25) is 0 Å². The Morgan fingerprint density at radius 1 is 1.26 bits per heavy atom. The summed E-state index contributed by atoms with van der Waals surface area (Å²) in [5.41, 5.74) is -0.552. The predicted molar refractivity (Wildman–Crippen MR) is 108 cm³/mol. The molecule has 1 aliphatic heterocycles. The maximum atomic E-state index is 11.8. The van der Waals surface area contributed by atoms with Gasteiger partial charge in [-0.15, -0.1) is 0 Å². The minimum Gasteiger partial charge on any atom is -0.458 e. The Kier molecular flexibility index (Phi) is 7.13. The van der Waals surface area contributed by atoms with Gasteiger partial charge in [-0.25, -0.2) is 13.4 Å². The first kappa shape index (κ1) is 22.6. The highest BCUT2D eigenvalue weighted by molar-refractivity contribution is 7.90. The van der Waals surface area contributed by atoms with Gasteiger partial charge >= 0.3 is 11.6 Å². The number of carbonyl (C=O) groups is 1. The second-order valence-corrected chi connectivity index (χ2v) is 9.18. The van der Waals surface area contributed by atoms with E-state index < -0.39 is 26.6 Å². The topological polar surface area (TPSA) is 151 Å². The van der Waals surface area contributed by atoms with E-state index in [0.717, 1.165) is 38.5 Å². The third-order valence-electron chi connectivity index (χ3n) is 5.00. The molecule has 12 heteroatoms. The fourth-order valence-electron chi connectivity index (χ4n) is 3.44. The van der Waals surface area contributed by atoms with Crippen molar-refractivity contribution in [3.05, 3.63) is 46.4 Å². The Bertz CT molecular complexity index is 1040. The van der Waals surface area contributed by atoms with Crippen LogP contribution in [0.5, 0.6) is 11.6 Å². The molecule has 0 aliphatic carbocycles. The normalized spacial score (nSPS) is 15.8. The molecule has 2 aromatic rings. The molecular weight excluding hydrogens is 428 g/mol. The Labute approximate surface area is 178 Å². The molecule has 0 saturated carbocycles. The van der Waals surface area contributed by atoms with Gasteiger partial charge < -0.3 is 14.8 Å². The van der Waals surface area contributed by atoms with Gasteiger partial charge in [-0.2, -0.15) is 4.98 Å². The number of ether oxygens (including phenoxy) is 2. The molecule has 1 aromatic heterocycles. The van der Waals surface area contributed by atoms with Crippen molar-refractivity contribution in [1.82, 2.24) is 15.3 Å². The van der Waals surface area contributed by atoms with E-state index in [2.05, 4.69) is 15.3 Å². The lowest BCUT2D eigenvalue weighted by atomic mass is 9.90. The van der Waals surface area contributed by atoms with Crippen LogP contribution in [0.15, 0.2) is 35.5 Å². The van der Waals surface area contributed by atoms with Crippen molar-refractivity contribution in [1.29, 1.82) is 0 Å². The SMILES string of the molecule is CS(=O)(=O)c1ccc(Oc2ncnc(C(CC3CCNCC3)OC=O)c2[N+](=O)[O-])cc1. The number of hydrogen-bond acceptors (Lipinski definition) is 10. The molecule has 1 aliphatic rings. The van der Waals surface area contributed by atoms with E-state index in [-0.39, 0.29) is 34.6 Å². The van der Waals surface area contributed by atoms with E-state index in [1.54, 1.807) is 0 Å². The lowest BCUT2D eigenvalue weighted by Crippen LogP contribution is -2.29. The maximum absolute atomic E-state index is 11.8. The summed E-state index contributed by atoms with van der Waals surface area (Å²) in [6.45, 7) is 1.90. The summed E-state index contributed by atoms with van der Waals surface area (Å²) in [7, 11) is -3.40. The van der Waals surface area contributed by atoms with Crippen molar-refractivity contribution in [3.63, 3.8) is 0 Å².